The van der Waals surface area contributed by atoms with Crippen molar-refractivity contribution in [2.45, 2.75) is 12.8 Å². The van der Waals surface area contributed by atoms with E-state index in [2.05, 4.69) is 0 Å². The molecule has 1 amide bonds. The van der Waals surface area contributed by atoms with E-state index >= 15 is 0 Å². The number of Topliss-reactive ketones (excluding diaryl/α,β-unsaturated/α-hetero) is 1. The van der Waals surface area contributed by atoms with Gasteiger partial charge in [-0.25, -0.2) is 0 Å². The number of carbonyl (C=O) groups excluding carboxylic acids is 2. The van der Waals surface area contributed by atoms with E-state index in [-0.39, 0.29) is 30.0 Å². The number of nitrogens with zero attached hydrogens (tertiary/aromatic N) is 1. The van der Waals surface area contributed by atoms with E-state index < -0.39 is 0 Å². The highest BCUT2D eigenvalue weighted by Gasteiger charge is 2.39. The van der Waals surface area contributed by atoms with Crippen LogP contribution in [0.15, 0.2) is 0 Å². The number of fused-ring (bicyclic) bond motifs is 3. The summed E-state index contributed by atoms with van der Waals surface area (Å²) in [5, 5.41) is 0. The minimum Gasteiger partial charge on any atom is -0.336 e. The van der Waals surface area contributed by atoms with Gasteiger partial charge in [0.25, 0.3) is 5.91 Å². The molecule has 11 heavy (non-hydrogen) atoms. The Morgan fingerprint density at radius 3 is 2.00 bits per heavy atom. The lowest BCUT2D eigenvalue weighted by molar-refractivity contribution is -0.154. The van der Waals surface area contributed by atoms with Gasteiger partial charge in [0.15, 0.2) is 0 Å². The molecule has 0 saturated carbocycles. The van der Waals surface area contributed by atoms with Crippen molar-refractivity contribution >= 4 is 24.1 Å². The molecule has 0 spiro atoms. The normalized spacial score (nSPS) is 23.8. The lowest BCUT2D eigenvalue weighted by Crippen LogP contribution is -2.52. The second kappa shape index (κ2) is 2.81. The number of hydrogen-bond donors (Lipinski definition) is 0. The molecule has 4 heteroatoms. The van der Waals surface area contributed by atoms with Crippen molar-refractivity contribution < 1.29 is 9.59 Å². The van der Waals surface area contributed by atoms with Gasteiger partial charge in [-0.2, -0.15) is 0 Å². The van der Waals surface area contributed by atoms with Gasteiger partial charge in [-0.3, -0.25) is 9.59 Å². The molecule has 0 aromatic rings. The molecule has 0 aliphatic carbocycles. The first-order chi connectivity index (χ1) is 4.79. The first kappa shape index (κ1) is 8.53. The average molecular weight is 176 g/mol. The predicted molar refractivity (Wildman–Crippen MR) is 41.6 cm³/mol. The lowest BCUT2D eigenvalue weighted by atomic mass is 9.87. The first-order valence-corrected chi connectivity index (χ1v) is 3.62. The van der Waals surface area contributed by atoms with Crippen LogP contribution in [0.3, 0.4) is 0 Å². The second-order valence-corrected chi connectivity index (χ2v) is 2.93. The third-order valence-corrected chi connectivity index (χ3v) is 2.36. The topological polar surface area (TPSA) is 37.4 Å². The molecule has 3 rings (SSSR count). The van der Waals surface area contributed by atoms with Gasteiger partial charge < -0.3 is 4.90 Å². The van der Waals surface area contributed by atoms with Crippen LogP contribution >= 0.6 is 12.4 Å². The van der Waals surface area contributed by atoms with E-state index in [4.69, 9.17) is 0 Å². The van der Waals surface area contributed by atoms with Gasteiger partial charge in [0.05, 0.1) is 0 Å². The van der Waals surface area contributed by atoms with Crippen LogP contribution in [0.4, 0.5) is 0 Å². The van der Waals surface area contributed by atoms with Crippen molar-refractivity contribution in [3.63, 3.8) is 0 Å². The minimum atomic E-state index is -0.248. The Morgan fingerprint density at radius 2 is 1.73 bits per heavy atom. The Labute approximate surface area is 71.2 Å². The number of ketones is 1. The number of piperidine rings is 3. The monoisotopic (exact) mass is 175 g/mol. The van der Waals surface area contributed by atoms with Gasteiger partial charge in [-0.1, -0.05) is 0 Å². The third kappa shape index (κ3) is 1.13. The van der Waals surface area contributed by atoms with Crippen molar-refractivity contribution in [1.82, 2.24) is 4.90 Å². The summed E-state index contributed by atoms with van der Waals surface area (Å²) < 4.78 is 0. The predicted octanol–water partition coefficient (Wildman–Crippen LogP) is 0.230. The summed E-state index contributed by atoms with van der Waals surface area (Å²) in [6, 6.07) is 0. The Kier molecular flexibility index (Phi) is 2.18. The Balaban J connectivity index is 0.000000605. The van der Waals surface area contributed by atoms with Crippen molar-refractivity contribution in [2.75, 3.05) is 13.1 Å². The zero-order valence-electron chi connectivity index (χ0n) is 6.08. The van der Waals surface area contributed by atoms with Crippen LogP contribution in [0.5, 0.6) is 0 Å². The Hall–Kier alpha value is -0.570. The minimum absolute atomic E-state index is 0. The lowest BCUT2D eigenvalue weighted by Gasteiger charge is -2.36. The second-order valence-electron chi connectivity index (χ2n) is 2.93. The molecule has 3 heterocycles. The summed E-state index contributed by atoms with van der Waals surface area (Å²) in [6.07, 6.45) is 1.79. The standard InChI is InChI=1S/C7H9NO2.ClH/c9-6-5-1-3-8(4-2-5)7(6)10;/h5H,1-4H2;1H. The highest BCUT2D eigenvalue weighted by atomic mass is 35.5. The summed E-state index contributed by atoms with van der Waals surface area (Å²) in [5.74, 6) is -0.336. The number of halogens is 1. The maximum absolute atomic E-state index is 11.0. The molecule has 0 radical (unpaired) electrons. The molecule has 0 unspecified atom stereocenters. The van der Waals surface area contributed by atoms with Crippen LogP contribution in [0.1, 0.15) is 12.8 Å². The van der Waals surface area contributed by atoms with Gasteiger partial charge in [0, 0.05) is 19.0 Å². The maximum Gasteiger partial charge on any atom is 0.290 e. The number of rotatable bonds is 0. The van der Waals surface area contributed by atoms with Gasteiger partial charge in [-0.05, 0) is 12.8 Å². The van der Waals surface area contributed by atoms with Gasteiger partial charge in [-0.15, -0.1) is 12.4 Å². The Morgan fingerprint density at radius 1 is 1.18 bits per heavy atom. The molecule has 3 saturated heterocycles. The molecule has 0 aromatic carbocycles. The van der Waals surface area contributed by atoms with Crippen LogP contribution < -0.4 is 0 Å². The molecule has 3 aliphatic rings. The summed E-state index contributed by atoms with van der Waals surface area (Å²) in [7, 11) is 0. The quantitative estimate of drug-likeness (QED) is 0.495. The van der Waals surface area contributed by atoms with E-state index in [0.29, 0.717) is 0 Å². The van der Waals surface area contributed by atoms with Crippen molar-refractivity contribution in [3.8, 4) is 0 Å². The van der Waals surface area contributed by atoms with E-state index in [0.717, 1.165) is 25.9 Å². The fourth-order valence-electron chi connectivity index (χ4n) is 1.68. The smallest absolute Gasteiger partial charge is 0.290 e. The van der Waals surface area contributed by atoms with E-state index in [1.165, 1.54) is 0 Å². The third-order valence-electron chi connectivity index (χ3n) is 2.36. The molecular formula is C7H10ClNO2. The zero-order valence-corrected chi connectivity index (χ0v) is 6.89. The summed E-state index contributed by atoms with van der Waals surface area (Å²) >= 11 is 0. The molecule has 2 bridgehead atoms. The fraction of sp³-hybridized carbons (Fsp3) is 0.714. The molecule has 3 aliphatic heterocycles. The van der Waals surface area contributed by atoms with Crippen LogP contribution in [0.2, 0.25) is 0 Å². The molecular weight excluding hydrogens is 166 g/mol. The number of hydrogen-bond acceptors (Lipinski definition) is 2. The highest BCUT2D eigenvalue weighted by molar-refractivity contribution is 6.37. The Bertz CT molecular complexity index is 175. The molecule has 62 valence electrons. The summed E-state index contributed by atoms with van der Waals surface area (Å²) in [5.41, 5.74) is 0. The summed E-state index contributed by atoms with van der Waals surface area (Å²) in [4.78, 5) is 23.6. The van der Waals surface area contributed by atoms with Crippen molar-refractivity contribution in [3.05, 3.63) is 0 Å². The van der Waals surface area contributed by atoms with Crippen molar-refractivity contribution in [2.24, 2.45) is 5.92 Å². The van der Waals surface area contributed by atoms with Gasteiger partial charge in [0.1, 0.15) is 0 Å². The SMILES string of the molecule is Cl.O=C1C(=O)N2CCC1CC2. The molecule has 0 aromatic heterocycles. The van der Waals surface area contributed by atoms with Crippen LogP contribution in [-0.4, -0.2) is 29.7 Å². The molecule has 3 fully saturated rings. The number of amides is 1. The van der Waals surface area contributed by atoms with Crippen LogP contribution in [0.25, 0.3) is 0 Å². The van der Waals surface area contributed by atoms with Crippen molar-refractivity contribution in [1.29, 1.82) is 0 Å². The van der Waals surface area contributed by atoms with E-state index in [1.807, 2.05) is 0 Å². The van der Waals surface area contributed by atoms with Crippen LogP contribution in [-0.2, 0) is 9.59 Å². The van der Waals surface area contributed by atoms with Crippen LogP contribution in [0, 0.1) is 5.92 Å². The average Bonchev–Trinajstić information content (AvgIpc) is 2.00. The zero-order chi connectivity index (χ0) is 7.14. The van der Waals surface area contributed by atoms with Gasteiger partial charge in [0.2, 0.25) is 5.78 Å². The van der Waals surface area contributed by atoms with Gasteiger partial charge >= 0.3 is 0 Å². The van der Waals surface area contributed by atoms with E-state index in [9.17, 15) is 9.59 Å². The largest absolute Gasteiger partial charge is 0.336 e. The molecule has 3 nitrogen and oxygen atoms in total. The maximum atomic E-state index is 11.0. The molecule has 0 N–H and O–H groups in total. The summed E-state index contributed by atoms with van der Waals surface area (Å²) in [6.45, 7) is 1.60. The number of carbonyl (C=O) groups is 2. The molecule has 0 atom stereocenters. The highest BCUT2D eigenvalue weighted by Crippen LogP contribution is 2.24. The fourth-order valence-corrected chi connectivity index (χ4v) is 1.68. The first-order valence-electron chi connectivity index (χ1n) is 3.62. The van der Waals surface area contributed by atoms with E-state index in [1.54, 1.807) is 4.90 Å².